The first kappa shape index (κ1) is 15.1. The fourth-order valence-electron chi connectivity index (χ4n) is 3.45. The molecule has 0 bridgehead atoms. The highest BCUT2D eigenvalue weighted by Crippen LogP contribution is 2.33. The Labute approximate surface area is 141 Å². The molecule has 1 aliphatic rings. The molecule has 2 heterocycles. The number of hydrogen-bond donors (Lipinski definition) is 0. The molecule has 0 spiro atoms. The summed E-state index contributed by atoms with van der Waals surface area (Å²) in [5, 5.41) is 0.907. The lowest BCUT2D eigenvalue weighted by Gasteiger charge is -2.33. The number of rotatable bonds is 2. The van der Waals surface area contributed by atoms with Gasteiger partial charge in [0, 0.05) is 29.7 Å². The van der Waals surface area contributed by atoms with Crippen LogP contribution in [0.4, 0.5) is 10.1 Å². The smallest absolute Gasteiger partial charge is 0.124 e. The van der Waals surface area contributed by atoms with Gasteiger partial charge in [0.25, 0.3) is 0 Å². The summed E-state index contributed by atoms with van der Waals surface area (Å²) in [4.78, 5) is 7.15. The zero-order valence-corrected chi connectivity index (χ0v) is 13.9. The third-order valence-electron chi connectivity index (χ3n) is 4.94. The molecule has 0 atom stereocenters. The molecule has 0 N–H and O–H groups in total. The number of pyridine rings is 1. The molecule has 24 heavy (non-hydrogen) atoms. The van der Waals surface area contributed by atoms with E-state index in [0.29, 0.717) is 0 Å². The van der Waals surface area contributed by atoms with E-state index in [4.69, 9.17) is 4.98 Å². The first-order valence-electron chi connectivity index (χ1n) is 8.61. The number of fused-ring (bicyclic) bond motifs is 1. The molecule has 122 valence electrons. The Kier molecular flexibility index (Phi) is 3.93. The lowest BCUT2D eigenvalue weighted by Crippen LogP contribution is -2.33. The zero-order valence-electron chi connectivity index (χ0n) is 13.9. The van der Waals surface area contributed by atoms with Gasteiger partial charge in [-0.2, -0.15) is 0 Å². The van der Waals surface area contributed by atoms with Gasteiger partial charge in [-0.1, -0.05) is 37.3 Å². The molecule has 4 rings (SSSR count). The van der Waals surface area contributed by atoms with Crippen molar-refractivity contribution in [2.45, 2.75) is 19.8 Å². The number of hydrogen-bond acceptors (Lipinski definition) is 2. The van der Waals surface area contributed by atoms with Crippen molar-refractivity contribution in [1.82, 2.24) is 4.98 Å². The number of benzene rings is 2. The van der Waals surface area contributed by atoms with E-state index in [-0.39, 0.29) is 5.82 Å². The van der Waals surface area contributed by atoms with Gasteiger partial charge >= 0.3 is 0 Å². The molecule has 0 amide bonds. The van der Waals surface area contributed by atoms with Crippen molar-refractivity contribution in [2.24, 2.45) is 5.92 Å². The Morgan fingerprint density at radius 2 is 1.75 bits per heavy atom. The third-order valence-corrected chi connectivity index (χ3v) is 4.94. The SMILES string of the molecule is CC1CCN(c2cc(-c3ccccc3)nc3ccc(F)cc23)CC1. The standard InChI is InChI=1S/C21H21FN2/c1-15-9-11-24(12-10-15)21-14-20(16-5-3-2-4-6-16)23-19-8-7-17(22)13-18(19)21/h2-8,13-15H,9-12H2,1H3. The van der Waals surface area contributed by atoms with E-state index in [1.54, 1.807) is 12.1 Å². The van der Waals surface area contributed by atoms with E-state index in [0.717, 1.165) is 46.9 Å². The first-order chi connectivity index (χ1) is 11.7. The van der Waals surface area contributed by atoms with Crippen molar-refractivity contribution in [3.63, 3.8) is 0 Å². The van der Waals surface area contributed by atoms with Crippen molar-refractivity contribution in [2.75, 3.05) is 18.0 Å². The van der Waals surface area contributed by atoms with Crippen LogP contribution in [0.2, 0.25) is 0 Å². The lowest BCUT2D eigenvalue weighted by atomic mass is 9.98. The molecular weight excluding hydrogens is 299 g/mol. The van der Waals surface area contributed by atoms with Crippen LogP contribution in [0.1, 0.15) is 19.8 Å². The van der Waals surface area contributed by atoms with Crippen molar-refractivity contribution in [3.8, 4) is 11.3 Å². The molecule has 1 aromatic heterocycles. The van der Waals surface area contributed by atoms with Crippen LogP contribution in [0.15, 0.2) is 54.6 Å². The number of aromatic nitrogens is 1. The molecule has 2 nitrogen and oxygen atoms in total. The van der Waals surface area contributed by atoms with Crippen LogP contribution in [0.3, 0.4) is 0 Å². The Hall–Kier alpha value is -2.42. The normalized spacial score (nSPS) is 15.8. The molecule has 0 aliphatic carbocycles. The predicted octanol–water partition coefficient (Wildman–Crippen LogP) is 5.28. The highest BCUT2D eigenvalue weighted by molar-refractivity contribution is 5.94. The van der Waals surface area contributed by atoms with Gasteiger partial charge < -0.3 is 4.90 Å². The topological polar surface area (TPSA) is 16.1 Å². The van der Waals surface area contributed by atoms with Crippen molar-refractivity contribution in [1.29, 1.82) is 0 Å². The molecule has 1 fully saturated rings. The molecule has 1 aliphatic heterocycles. The minimum Gasteiger partial charge on any atom is -0.371 e. The second-order valence-electron chi connectivity index (χ2n) is 6.72. The number of anilines is 1. The molecule has 0 saturated carbocycles. The highest BCUT2D eigenvalue weighted by atomic mass is 19.1. The van der Waals surface area contributed by atoms with Gasteiger partial charge in [0.1, 0.15) is 5.82 Å². The van der Waals surface area contributed by atoms with Crippen LogP contribution in [0.5, 0.6) is 0 Å². The first-order valence-corrected chi connectivity index (χ1v) is 8.61. The van der Waals surface area contributed by atoms with Gasteiger partial charge in [-0.25, -0.2) is 9.37 Å². The molecule has 1 saturated heterocycles. The van der Waals surface area contributed by atoms with Crippen LogP contribution in [-0.2, 0) is 0 Å². The Balaban J connectivity index is 1.87. The second-order valence-corrected chi connectivity index (χ2v) is 6.72. The summed E-state index contributed by atoms with van der Waals surface area (Å²) >= 11 is 0. The molecule has 0 unspecified atom stereocenters. The van der Waals surface area contributed by atoms with Gasteiger partial charge in [0.2, 0.25) is 0 Å². The van der Waals surface area contributed by atoms with E-state index in [1.807, 2.05) is 18.2 Å². The van der Waals surface area contributed by atoms with E-state index >= 15 is 0 Å². The molecule has 0 radical (unpaired) electrons. The fraction of sp³-hybridized carbons (Fsp3) is 0.286. The van der Waals surface area contributed by atoms with Gasteiger partial charge in [0.05, 0.1) is 11.2 Å². The summed E-state index contributed by atoms with van der Waals surface area (Å²) in [5.41, 5.74) is 4.00. The third kappa shape index (κ3) is 2.86. The Morgan fingerprint density at radius 1 is 1.00 bits per heavy atom. The quantitative estimate of drug-likeness (QED) is 0.639. The van der Waals surface area contributed by atoms with Crippen molar-refractivity contribution >= 4 is 16.6 Å². The predicted molar refractivity (Wildman–Crippen MR) is 97.7 cm³/mol. The van der Waals surface area contributed by atoms with E-state index in [1.165, 1.54) is 18.9 Å². The Bertz CT molecular complexity index is 852. The van der Waals surface area contributed by atoms with E-state index in [2.05, 4.69) is 30.0 Å². The lowest BCUT2D eigenvalue weighted by molar-refractivity contribution is 0.439. The summed E-state index contributed by atoms with van der Waals surface area (Å²) in [7, 11) is 0. The summed E-state index contributed by atoms with van der Waals surface area (Å²) in [6, 6.07) is 17.2. The summed E-state index contributed by atoms with van der Waals surface area (Å²) in [6.07, 6.45) is 2.36. The fourth-order valence-corrected chi connectivity index (χ4v) is 3.45. The van der Waals surface area contributed by atoms with Gasteiger partial charge in [-0.3, -0.25) is 0 Å². The monoisotopic (exact) mass is 320 g/mol. The molecular formula is C21H21FN2. The largest absolute Gasteiger partial charge is 0.371 e. The van der Waals surface area contributed by atoms with E-state index in [9.17, 15) is 4.39 Å². The average Bonchev–Trinajstić information content (AvgIpc) is 2.62. The van der Waals surface area contributed by atoms with Crippen LogP contribution in [0, 0.1) is 11.7 Å². The zero-order chi connectivity index (χ0) is 16.5. The number of halogens is 1. The number of piperidine rings is 1. The maximum atomic E-state index is 13.8. The minimum atomic E-state index is -0.205. The maximum absolute atomic E-state index is 13.8. The number of nitrogens with zero attached hydrogens (tertiary/aromatic N) is 2. The molecule has 3 heteroatoms. The summed E-state index contributed by atoms with van der Waals surface area (Å²) in [6.45, 7) is 4.34. The Morgan fingerprint density at radius 3 is 2.50 bits per heavy atom. The highest BCUT2D eigenvalue weighted by Gasteiger charge is 2.19. The van der Waals surface area contributed by atoms with Gasteiger partial charge in [-0.05, 0) is 43.0 Å². The average molecular weight is 320 g/mol. The maximum Gasteiger partial charge on any atom is 0.124 e. The van der Waals surface area contributed by atoms with Crippen LogP contribution in [0.25, 0.3) is 22.2 Å². The summed E-state index contributed by atoms with van der Waals surface area (Å²) in [5.74, 6) is 0.558. The molecule has 2 aromatic carbocycles. The second kappa shape index (κ2) is 6.23. The minimum absolute atomic E-state index is 0.205. The van der Waals surface area contributed by atoms with Crippen LogP contribution < -0.4 is 4.90 Å². The van der Waals surface area contributed by atoms with Gasteiger partial charge in [-0.15, -0.1) is 0 Å². The van der Waals surface area contributed by atoms with Crippen LogP contribution in [-0.4, -0.2) is 18.1 Å². The summed E-state index contributed by atoms with van der Waals surface area (Å²) < 4.78 is 13.8. The van der Waals surface area contributed by atoms with Crippen molar-refractivity contribution < 1.29 is 4.39 Å². The van der Waals surface area contributed by atoms with Crippen molar-refractivity contribution in [3.05, 3.63) is 60.4 Å². The molecule has 3 aromatic rings. The van der Waals surface area contributed by atoms with E-state index < -0.39 is 0 Å². The van der Waals surface area contributed by atoms with Gasteiger partial charge in [0.15, 0.2) is 0 Å². The van der Waals surface area contributed by atoms with Crippen LogP contribution >= 0.6 is 0 Å².